The van der Waals surface area contributed by atoms with Gasteiger partial charge >= 0.3 is 5.97 Å². The van der Waals surface area contributed by atoms with E-state index in [9.17, 15) is 4.79 Å². The molecule has 1 aromatic heterocycles. The summed E-state index contributed by atoms with van der Waals surface area (Å²) in [5, 5.41) is 21.0. The fourth-order valence-corrected chi connectivity index (χ4v) is 1.62. The molecule has 2 rings (SSSR count). The van der Waals surface area contributed by atoms with E-state index in [-0.39, 0.29) is 17.8 Å². The predicted octanol–water partition coefficient (Wildman–Crippen LogP) is 0.715. The minimum absolute atomic E-state index is 0.0267. The summed E-state index contributed by atoms with van der Waals surface area (Å²) in [4.78, 5) is 14.6. The molecule has 1 fully saturated rings. The molecule has 0 atom stereocenters. The first-order valence-electron chi connectivity index (χ1n) is 4.79. The lowest BCUT2D eigenvalue weighted by Gasteiger charge is -2.32. The smallest absolute Gasteiger partial charge is 0.356 e. The van der Waals surface area contributed by atoms with E-state index in [1.807, 2.05) is 0 Å². The fraction of sp³-hybridized carbons (Fsp3) is 0.400. The van der Waals surface area contributed by atoms with E-state index in [1.54, 1.807) is 12.1 Å². The van der Waals surface area contributed by atoms with Crippen LogP contribution in [-0.4, -0.2) is 33.3 Å². The minimum Gasteiger partial charge on any atom is -0.476 e. The highest BCUT2D eigenvalue weighted by atomic mass is 16.4. The number of pyridine rings is 1. The van der Waals surface area contributed by atoms with Crippen LogP contribution in [0.25, 0.3) is 0 Å². The Labute approximate surface area is 86.8 Å². The first kappa shape index (κ1) is 9.92. The number of rotatable bonds is 3. The summed E-state index contributed by atoms with van der Waals surface area (Å²) in [6, 6.07) is 3.52. The van der Waals surface area contributed by atoms with Crippen LogP contribution in [0.3, 0.4) is 0 Å². The van der Waals surface area contributed by atoms with Gasteiger partial charge in [0, 0.05) is 12.2 Å². The molecular formula is C10H12N2O3. The molecule has 0 aromatic carbocycles. The van der Waals surface area contributed by atoms with Crippen LogP contribution in [0.4, 0.5) is 5.69 Å². The van der Waals surface area contributed by atoms with Gasteiger partial charge in [-0.05, 0) is 25.0 Å². The van der Waals surface area contributed by atoms with Crippen molar-refractivity contribution in [2.24, 2.45) is 0 Å². The van der Waals surface area contributed by atoms with Gasteiger partial charge in [-0.1, -0.05) is 0 Å². The van der Waals surface area contributed by atoms with Crippen molar-refractivity contribution in [1.29, 1.82) is 0 Å². The number of anilines is 1. The summed E-state index contributed by atoms with van der Waals surface area (Å²) in [7, 11) is 0. The maximum Gasteiger partial charge on any atom is 0.356 e. The Morgan fingerprint density at radius 1 is 1.53 bits per heavy atom. The molecule has 0 radical (unpaired) electrons. The third-order valence-corrected chi connectivity index (χ3v) is 2.48. The summed E-state index contributed by atoms with van der Waals surface area (Å²) >= 11 is 0. The first-order valence-corrected chi connectivity index (χ1v) is 4.79. The lowest BCUT2D eigenvalue weighted by Crippen LogP contribution is -2.39. The van der Waals surface area contributed by atoms with Gasteiger partial charge < -0.3 is 15.5 Å². The van der Waals surface area contributed by atoms with Crippen molar-refractivity contribution in [2.45, 2.75) is 25.0 Å². The third kappa shape index (κ3) is 2.07. The topological polar surface area (TPSA) is 82.5 Å². The fourth-order valence-electron chi connectivity index (χ4n) is 1.62. The van der Waals surface area contributed by atoms with E-state index in [0.717, 1.165) is 0 Å². The normalized spacial score (nSPS) is 24.3. The zero-order valence-corrected chi connectivity index (χ0v) is 8.05. The number of hydrogen-bond donors (Lipinski definition) is 3. The predicted molar refractivity (Wildman–Crippen MR) is 53.8 cm³/mol. The van der Waals surface area contributed by atoms with Crippen molar-refractivity contribution in [1.82, 2.24) is 4.98 Å². The van der Waals surface area contributed by atoms with Crippen molar-refractivity contribution in [3.8, 4) is 0 Å². The van der Waals surface area contributed by atoms with Crippen LogP contribution < -0.4 is 5.32 Å². The third-order valence-electron chi connectivity index (χ3n) is 2.48. The number of aromatic nitrogens is 1. The molecule has 0 unspecified atom stereocenters. The van der Waals surface area contributed by atoms with Crippen LogP contribution in [0.2, 0.25) is 0 Å². The van der Waals surface area contributed by atoms with E-state index in [0.29, 0.717) is 18.5 Å². The molecular weight excluding hydrogens is 196 g/mol. The van der Waals surface area contributed by atoms with Gasteiger partial charge in [-0.3, -0.25) is 0 Å². The Balaban J connectivity index is 2.10. The Hall–Kier alpha value is -1.62. The summed E-state index contributed by atoms with van der Waals surface area (Å²) in [5.74, 6) is -1.04. The van der Waals surface area contributed by atoms with Crippen LogP contribution in [-0.2, 0) is 0 Å². The Bertz CT molecular complexity index is 375. The molecule has 0 spiro atoms. The highest BCUT2D eigenvalue weighted by Crippen LogP contribution is 2.25. The van der Waals surface area contributed by atoms with Gasteiger partial charge in [-0.25, -0.2) is 9.78 Å². The first-order chi connectivity index (χ1) is 7.16. The van der Waals surface area contributed by atoms with Crippen molar-refractivity contribution >= 4 is 11.7 Å². The van der Waals surface area contributed by atoms with Crippen LogP contribution in [0.5, 0.6) is 0 Å². The number of carboxylic acid groups (broad SMARTS) is 1. The molecule has 1 aliphatic carbocycles. The number of nitrogens with zero attached hydrogens (tertiary/aromatic N) is 1. The number of aliphatic hydroxyl groups excluding tert-OH is 1. The monoisotopic (exact) mass is 208 g/mol. The molecule has 5 nitrogen and oxygen atoms in total. The Morgan fingerprint density at radius 3 is 2.87 bits per heavy atom. The molecule has 0 saturated heterocycles. The summed E-state index contributed by atoms with van der Waals surface area (Å²) in [5.41, 5.74) is 0.542. The van der Waals surface area contributed by atoms with Crippen molar-refractivity contribution < 1.29 is 15.0 Å². The molecule has 80 valence electrons. The van der Waals surface area contributed by atoms with Crippen molar-refractivity contribution in [3.05, 3.63) is 24.0 Å². The number of hydrogen-bond acceptors (Lipinski definition) is 4. The van der Waals surface area contributed by atoms with E-state index in [2.05, 4.69) is 10.3 Å². The van der Waals surface area contributed by atoms with Gasteiger partial charge in [0.15, 0.2) is 5.69 Å². The van der Waals surface area contributed by atoms with Crippen molar-refractivity contribution in [3.63, 3.8) is 0 Å². The van der Waals surface area contributed by atoms with Crippen molar-refractivity contribution in [2.75, 3.05) is 5.32 Å². The number of carbonyl (C=O) groups is 1. The summed E-state index contributed by atoms with van der Waals surface area (Å²) in [6.07, 6.45) is 2.51. The highest BCUT2D eigenvalue weighted by molar-refractivity contribution is 5.91. The lowest BCUT2D eigenvalue weighted by molar-refractivity contribution is 0.0691. The molecule has 1 saturated carbocycles. The SMILES string of the molecule is O=C(O)c1ncccc1NC1CC(O)C1. The Kier molecular flexibility index (Phi) is 2.55. The average molecular weight is 208 g/mol. The summed E-state index contributed by atoms with van der Waals surface area (Å²) < 4.78 is 0. The molecule has 1 heterocycles. The number of aromatic carboxylic acids is 1. The van der Waals surface area contributed by atoms with Gasteiger partial charge in [0.1, 0.15) is 0 Å². The minimum atomic E-state index is -1.04. The molecule has 1 aromatic rings. The van der Waals surface area contributed by atoms with Crippen LogP contribution in [0.1, 0.15) is 23.3 Å². The number of aliphatic hydroxyl groups is 1. The summed E-state index contributed by atoms with van der Waals surface area (Å²) in [6.45, 7) is 0. The van der Waals surface area contributed by atoms with E-state index < -0.39 is 5.97 Å². The second-order valence-electron chi connectivity index (χ2n) is 3.67. The van der Waals surface area contributed by atoms with Crippen LogP contribution in [0.15, 0.2) is 18.3 Å². The molecule has 0 bridgehead atoms. The van der Waals surface area contributed by atoms with Gasteiger partial charge in [0.05, 0.1) is 11.8 Å². The molecule has 0 amide bonds. The molecule has 15 heavy (non-hydrogen) atoms. The van der Waals surface area contributed by atoms with Crippen LogP contribution in [0, 0.1) is 0 Å². The second-order valence-corrected chi connectivity index (χ2v) is 3.67. The highest BCUT2D eigenvalue weighted by Gasteiger charge is 2.28. The van der Waals surface area contributed by atoms with Gasteiger partial charge in [0.25, 0.3) is 0 Å². The number of nitrogens with one attached hydrogen (secondary N) is 1. The Morgan fingerprint density at radius 2 is 2.27 bits per heavy atom. The van der Waals surface area contributed by atoms with Crippen LogP contribution >= 0.6 is 0 Å². The van der Waals surface area contributed by atoms with E-state index in [1.165, 1.54) is 6.20 Å². The second kappa shape index (κ2) is 3.86. The maximum absolute atomic E-state index is 10.8. The maximum atomic E-state index is 10.8. The average Bonchev–Trinajstić information content (AvgIpc) is 2.16. The standard InChI is InChI=1S/C10H12N2O3/c13-7-4-6(5-7)12-8-2-1-3-11-9(8)10(14)15/h1-3,6-7,12-13H,4-5H2,(H,14,15). The van der Waals surface area contributed by atoms with Gasteiger partial charge in [-0.15, -0.1) is 0 Å². The molecule has 0 aliphatic heterocycles. The quantitative estimate of drug-likeness (QED) is 0.681. The van der Waals surface area contributed by atoms with E-state index in [4.69, 9.17) is 10.2 Å². The zero-order valence-electron chi connectivity index (χ0n) is 8.05. The number of carboxylic acids is 1. The zero-order chi connectivity index (χ0) is 10.8. The van der Waals surface area contributed by atoms with E-state index >= 15 is 0 Å². The lowest BCUT2D eigenvalue weighted by atomic mass is 9.89. The van der Waals surface area contributed by atoms with Gasteiger partial charge in [0.2, 0.25) is 0 Å². The molecule has 3 N–H and O–H groups in total. The molecule has 5 heteroatoms. The molecule has 1 aliphatic rings. The largest absolute Gasteiger partial charge is 0.476 e. The van der Waals surface area contributed by atoms with Gasteiger partial charge in [-0.2, -0.15) is 0 Å².